The first-order valence-corrected chi connectivity index (χ1v) is 5.94. The molecule has 1 aliphatic heterocycles. The summed E-state index contributed by atoms with van der Waals surface area (Å²) >= 11 is 1.67. The van der Waals surface area contributed by atoms with Crippen LogP contribution in [0.25, 0.3) is 0 Å². The number of hydrogen-bond acceptors (Lipinski definition) is 4. The fourth-order valence-electron chi connectivity index (χ4n) is 1.74. The predicted molar refractivity (Wildman–Crippen MR) is 58.9 cm³/mol. The van der Waals surface area contributed by atoms with Crippen molar-refractivity contribution in [2.24, 2.45) is 5.92 Å². The van der Waals surface area contributed by atoms with Crippen molar-refractivity contribution in [3.8, 4) is 0 Å². The topological polar surface area (TPSA) is 34.1 Å². The van der Waals surface area contributed by atoms with Crippen molar-refractivity contribution in [2.45, 2.75) is 26.3 Å². The fourth-order valence-corrected chi connectivity index (χ4v) is 2.49. The molecule has 2 rings (SSSR count). The highest BCUT2D eigenvalue weighted by molar-refractivity contribution is 7.13. The van der Waals surface area contributed by atoms with Crippen molar-refractivity contribution in [1.29, 1.82) is 0 Å². The Labute approximate surface area is 88.5 Å². The molecule has 4 heteroatoms. The smallest absolute Gasteiger partial charge is 0.183 e. The number of nitrogens with zero attached hydrogens (tertiary/aromatic N) is 1. The minimum atomic E-state index is 0.450. The molecule has 0 amide bonds. The Kier molecular flexibility index (Phi) is 3.03. The van der Waals surface area contributed by atoms with Crippen LogP contribution in [0, 0.1) is 12.8 Å². The Morgan fingerprint density at radius 1 is 1.64 bits per heavy atom. The summed E-state index contributed by atoms with van der Waals surface area (Å²) < 4.78 is 5.45. The minimum Gasteiger partial charge on any atom is -0.379 e. The third-order valence-electron chi connectivity index (χ3n) is 2.65. The Morgan fingerprint density at radius 2 is 2.50 bits per heavy atom. The van der Waals surface area contributed by atoms with Crippen LogP contribution >= 0.6 is 11.3 Å². The number of rotatable bonds is 3. The fraction of sp³-hybridized carbons (Fsp3) is 0.700. The second-order valence-electron chi connectivity index (χ2n) is 3.75. The Hall–Kier alpha value is -0.610. The monoisotopic (exact) mass is 212 g/mol. The van der Waals surface area contributed by atoms with Crippen LogP contribution in [0.1, 0.15) is 19.0 Å². The molecule has 0 spiro atoms. The van der Waals surface area contributed by atoms with Crippen LogP contribution in [0.2, 0.25) is 0 Å². The van der Waals surface area contributed by atoms with E-state index in [0.717, 1.165) is 24.0 Å². The molecule has 0 aliphatic carbocycles. The Bertz CT molecular complexity index is 300. The lowest BCUT2D eigenvalue weighted by Gasteiger charge is -2.16. The standard InChI is InChI=1S/C10H16N2OS/c1-3-8-4-13-5-9(8)12-10-11-7(2)6-14-10/h6,8-9H,3-5H2,1-2H3,(H,11,12). The Morgan fingerprint density at radius 3 is 3.14 bits per heavy atom. The van der Waals surface area contributed by atoms with Crippen LogP contribution in [0.3, 0.4) is 0 Å². The molecule has 0 radical (unpaired) electrons. The maximum atomic E-state index is 5.45. The van der Waals surface area contributed by atoms with Gasteiger partial charge in [0.05, 0.1) is 24.9 Å². The molecule has 1 aromatic heterocycles. The first kappa shape index (κ1) is 9.93. The van der Waals surface area contributed by atoms with Gasteiger partial charge in [-0.05, 0) is 13.3 Å². The van der Waals surface area contributed by atoms with Crippen molar-refractivity contribution >= 4 is 16.5 Å². The van der Waals surface area contributed by atoms with E-state index in [-0.39, 0.29) is 0 Å². The number of hydrogen-bond donors (Lipinski definition) is 1. The Balaban J connectivity index is 1.96. The number of thiazole rings is 1. The number of anilines is 1. The lowest BCUT2D eigenvalue weighted by molar-refractivity contribution is 0.184. The van der Waals surface area contributed by atoms with E-state index >= 15 is 0 Å². The van der Waals surface area contributed by atoms with Crippen LogP contribution in [0.5, 0.6) is 0 Å². The van der Waals surface area contributed by atoms with E-state index in [1.807, 2.05) is 6.92 Å². The molecule has 0 aromatic carbocycles. The zero-order chi connectivity index (χ0) is 9.97. The van der Waals surface area contributed by atoms with E-state index in [2.05, 4.69) is 22.6 Å². The predicted octanol–water partition coefficient (Wildman–Crippen LogP) is 2.29. The van der Waals surface area contributed by atoms with Gasteiger partial charge in [-0.2, -0.15) is 0 Å². The maximum absolute atomic E-state index is 5.45. The first-order valence-electron chi connectivity index (χ1n) is 5.06. The van der Waals surface area contributed by atoms with Crippen LogP contribution in [-0.4, -0.2) is 24.2 Å². The van der Waals surface area contributed by atoms with Crippen LogP contribution in [0.4, 0.5) is 5.13 Å². The summed E-state index contributed by atoms with van der Waals surface area (Å²) in [6, 6.07) is 0.450. The van der Waals surface area contributed by atoms with E-state index in [4.69, 9.17) is 4.74 Å². The molecule has 2 heterocycles. The van der Waals surface area contributed by atoms with Crippen molar-refractivity contribution in [1.82, 2.24) is 4.98 Å². The lowest BCUT2D eigenvalue weighted by Crippen LogP contribution is -2.27. The molecule has 0 saturated carbocycles. The summed E-state index contributed by atoms with van der Waals surface area (Å²) in [7, 11) is 0. The van der Waals surface area contributed by atoms with Crippen molar-refractivity contribution in [3.05, 3.63) is 11.1 Å². The van der Waals surface area contributed by atoms with Gasteiger partial charge in [-0.1, -0.05) is 6.92 Å². The molecule has 2 atom stereocenters. The lowest BCUT2D eigenvalue weighted by atomic mass is 10.0. The van der Waals surface area contributed by atoms with Gasteiger partial charge in [0.25, 0.3) is 0 Å². The van der Waals surface area contributed by atoms with Gasteiger partial charge in [-0.3, -0.25) is 0 Å². The van der Waals surface area contributed by atoms with Gasteiger partial charge < -0.3 is 10.1 Å². The zero-order valence-electron chi connectivity index (χ0n) is 8.62. The summed E-state index contributed by atoms with van der Waals surface area (Å²) in [5.41, 5.74) is 1.09. The van der Waals surface area contributed by atoms with Gasteiger partial charge in [0.1, 0.15) is 0 Å². The third kappa shape index (κ3) is 2.07. The van der Waals surface area contributed by atoms with Crippen molar-refractivity contribution in [2.75, 3.05) is 18.5 Å². The van der Waals surface area contributed by atoms with Crippen molar-refractivity contribution < 1.29 is 4.74 Å². The highest BCUT2D eigenvalue weighted by Crippen LogP contribution is 2.23. The molecular weight excluding hydrogens is 196 g/mol. The molecule has 1 aliphatic rings. The molecule has 78 valence electrons. The molecule has 1 saturated heterocycles. The van der Waals surface area contributed by atoms with Crippen LogP contribution < -0.4 is 5.32 Å². The number of aromatic nitrogens is 1. The largest absolute Gasteiger partial charge is 0.379 e. The van der Waals surface area contributed by atoms with Crippen LogP contribution in [-0.2, 0) is 4.74 Å². The second-order valence-corrected chi connectivity index (χ2v) is 4.61. The summed E-state index contributed by atoms with van der Waals surface area (Å²) in [6.07, 6.45) is 1.17. The van der Waals surface area contributed by atoms with Gasteiger partial charge in [0.2, 0.25) is 0 Å². The van der Waals surface area contributed by atoms with Gasteiger partial charge in [0.15, 0.2) is 5.13 Å². The molecule has 1 fully saturated rings. The average Bonchev–Trinajstić information content (AvgIpc) is 2.76. The summed E-state index contributed by atoms with van der Waals surface area (Å²) in [4.78, 5) is 4.39. The van der Waals surface area contributed by atoms with Gasteiger partial charge in [0, 0.05) is 11.3 Å². The summed E-state index contributed by atoms with van der Waals surface area (Å²) in [6.45, 7) is 5.93. The normalized spacial score (nSPS) is 26.7. The second kappa shape index (κ2) is 4.28. The van der Waals surface area contributed by atoms with E-state index in [1.54, 1.807) is 11.3 Å². The van der Waals surface area contributed by atoms with Gasteiger partial charge >= 0.3 is 0 Å². The highest BCUT2D eigenvalue weighted by Gasteiger charge is 2.26. The molecule has 3 nitrogen and oxygen atoms in total. The highest BCUT2D eigenvalue weighted by atomic mass is 32.1. The van der Waals surface area contributed by atoms with Crippen molar-refractivity contribution in [3.63, 3.8) is 0 Å². The van der Waals surface area contributed by atoms with Gasteiger partial charge in [-0.15, -0.1) is 11.3 Å². The summed E-state index contributed by atoms with van der Waals surface area (Å²) in [5.74, 6) is 0.638. The number of aryl methyl sites for hydroxylation is 1. The number of ether oxygens (including phenoxy) is 1. The molecule has 2 unspecified atom stereocenters. The van der Waals surface area contributed by atoms with E-state index < -0.39 is 0 Å². The van der Waals surface area contributed by atoms with Crippen LogP contribution in [0.15, 0.2) is 5.38 Å². The van der Waals surface area contributed by atoms with E-state index in [0.29, 0.717) is 12.0 Å². The molecular formula is C10H16N2OS. The quantitative estimate of drug-likeness (QED) is 0.834. The van der Waals surface area contributed by atoms with E-state index in [1.165, 1.54) is 6.42 Å². The van der Waals surface area contributed by atoms with Gasteiger partial charge in [-0.25, -0.2) is 4.98 Å². The van der Waals surface area contributed by atoms with E-state index in [9.17, 15) is 0 Å². The third-order valence-corrected chi connectivity index (χ3v) is 3.54. The number of nitrogens with one attached hydrogen (secondary N) is 1. The molecule has 1 aromatic rings. The molecule has 14 heavy (non-hydrogen) atoms. The molecule has 1 N–H and O–H groups in total. The minimum absolute atomic E-state index is 0.450. The SMILES string of the molecule is CCC1COCC1Nc1nc(C)cs1. The first-order chi connectivity index (χ1) is 6.79. The molecule has 0 bridgehead atoms. The summed E-state index contributed by atoms with van der Waals surface area (Å²) in [5, 5.41) is 6.54. The maximum Gasteiger partial charge on any atom is 0.183 e. The zero-order valence-corrected chi connectivity index (χ0v) is 9.43. The average molecular weight is 212 g/mol.